The van der Waals surface area contributed by atoms with Crippen LogP contribution in [0.25, 0.3) is 0 Å². The minimum Gasteiger partial charge on any atom is -0.389 e. The maximum atomic E-state index is 12.5. The molecule has 1 heterocycles. The average Bonchev–Trinajstić information content (AvgIpc) is 2.50. The number of amides is 1. The van der Waals surface area contributed by atoms with Gasteiger partial charge in [-0.15, -0.1) is 0 Å². The van der Waals surface area contributed by atoms with E-state index in [1.807, 2.05) is 19.9 Å². The zero-order valence-electron chi connectivity index (χ0n) is 13.1. The van der Waals surface area contributed by atoms with Crippen LogP contribution in [0.15, 0.2) is 47.4 Å². The fourth-order valence-corrected chi connectivity index (χ4v) is 2.43. The summed E-state index contributed by atoms with van der Waals surface area (Å²) >= 11 is 4.89. The number of hydrogen-bond donors (Lipinski definition) is 2. The first-order valence-electron chi connectivity index (χ1n) is 7.32. The van der Waals surface area contributed by atoms with E-state index in [9.17, 15) is 9.59 Å². The van der Waals surface area contributed by atoms with E-state index in [1.54, 1.807) is 30.5 Å². The van der Waals surface area contributed by atoms with Crippen molar-refractivity contribution < 1.29 is 4.79 Å². The summed E-state index contributed by atoms with van der Waals surface area (Å²) < 4.78 is 1.45. The molecule has 3 N–H and O–H groups in total. The van der Waals surface area contributed by atoms with E-state index in [0.29, 0.717) is 17.1 Å². The third kappa shape index (κ3) is 4.04. The van der Waals surface area contributed by atoms with Crippen molar-refractivity contribution in [3.63, 3.8) is 0 Å². The van der Waals surface area contributed by atoms with Gasteiger partial charge in [0.1, 0.15) is 11.0 Å². The van der Waals surface area contributed by atoms with Crippen molar-refractivity contribution in [2.24, 2.45) is 5.73 Å². The van der Waals surface area contributed by atoms with Crippen molar-refractivity contribution >= 4 is 28.8 Å². The SMILES string of the molecule is CCC(C(=O)Nc1ccc(C(N)=S)cc1)n1ccc(C)cc1=O. The van der Waals surface area contributed by atoms with Crippen LogP contribution in [-0.4, -0.2) is 15.5 Å². The van der Waals surface area contributed by atoms with E-state index < -0.39 is 6.04 Å². The molecular formula is C17H19N3O2S. The fraction of sp³-hybridized carbons (Fsp3) is 0.235. The van der Waals surface area contributed by atoms with Gasteiger partial charge in [0.05, 0.1) is 0 Å². The number of nitrogens with one attached hydrogen (secondary N) is 1. The summed E-state index contributed by atoms with van der Waals surface area (Å²) in [5.74, 6) is -0.235. The number of carbonyl (C=O) groups is 1. The molecule has 6 heteroatoms. The number of thiocarbonyl (C=S) groups is 1. The monoisotopic (exact) mass is 329 g/mol. The number of hydrogen-bond acceptors (Lipinski definition) is 3. The van der Waals surface area contributed by atoms with Crippen molar-refractivity contribution in [3.8, 4) is 0 Å². The van der Waals surface area contributed by atoms with Gasteiger partial charge in [-0.05, 0) is 49.2 Å². The zero-order chi connectivity index (χ0) is 17.0. The van der Waals surface area contributed by atoms with Crippen LogP contribution in [0.1, 0.15) is 30.5 Å². The smallest absolute Gasteiger partial charge is 0.251 e. The first kappa shape index (κ1) is 16.9. The third-order valence-electron chi connectivity index (χ3n) is 3.57. The Labute approximate surface area is 140 Å². The Balaban J connectivity index is 2.20. The number of nitrogens with two attached hydrogens (primary N) is 1. The number of benzene rings is 1. The van der Waals surface area contributed by atoms with E-state index in [2.05, 4.69) is 5.32 Å². The second-order valence-electron chi connectivity index (χ2n) is 5.30. The topological polar surface area (TPSA) is 77.1 Å². The van der Waals surface area contributed by atoms with Crippen molar-refractivity contribution in [2.75, 3.05) is 5.32 Å². The van der Waals surface area contributed by atoms with Crippen molar-refractivity contribution in [1.29, 1.82) is 0 Å². The highest BCUT2D eigenvalue weighted by Crippen LogP contribution is 2.15. The van der Waals surface area contributed by atoms with Crippen LogP contribution >= 0.6 is 12.2 Å². The summed E-state index contributed by atoms with van der Waals surface area (Å²) in [4.78, 5) is 24.9. The Kier molecular flexibility index (Phi) is 5.28. The molecule has 1 aromatic heterocycles. The lowest BCUT2D eigenvalue weighted by Crippen LogP contribution is -2.32. The van der Waals surface area contributed by atoms with E-state index in [0.717, 1.165) is 11.1 Å². The Morgan fingerprint density at radius 3 is 2.48 bits per heavy atom. The van der Waals surface area contributed by atoms with Gasteiger partial charge in [-0.2, -0.15) is 0 Å². The molecule has 0 aliphatic heterocycles. The molecule has 1 amide bonds. The lowest BCUT2D eigenvalue weighted by atomic mass is 10.1. The third-order valence-corrected chi connectivity index (χ3v) is 3.80. The molecule has 0 aliphatic rings. The Hall–Kier alpha value is -2.47. The zero-order valence-corrected chi connectivity index (χ0v) is 13.9. The molecule has 5 nitrogen and oxygen atoms in total. The van der Waals surface area contributed by atoms with Gasteiger partial charge in [0, 0.05) is 23.5 Å². The number of pyridine rings is 1. The number of nitrogens with zero attached hydrogens (tertiary/aromatic N) is 1. The van der Waals surface area contributed by atoms with E-state index in [4.69, 9.17) is 18.0 Å². The first-order valence-corrected chi connectivity index (χ1v) is 7.72. The predicted molar refractivity (Wildman–Crippen MR) is 95.7 cm³/mol. The van der Waals surface area contributed by atoms with Crippen LogP contribution in [0.3, 0.4) is 0 Å². The van der Waals surface area contributed by atoms with Crippen LogP contribution in [0, 0.1) is 6.92 Å². The fourth-order valence-electron chi connectivity index (χ4n) is 2.30. The summed E-state index contributed by atoms with van der Waals surface area (Å²) in [6.07, 6.45) is 2.17. The maximum absolute atomic E-state index is 12.5. The molecule has 0 radical (unpaired) electrons. The van der Waals surface area contributed by atoms with Crippen molar-refractivity contribution in [1.82, 2.24) is 4.57 Å². The highest BCUT2D eigenvalue weighted by atomic mass is 32.1. The molecule has 2 rings (SSSR count). The highest BCUT2D eigenvalue weighted by Gasteiger charge is 2.19. The normalized spacial score (nSPS) is 11.7. The maximum Gasteiger partial charge on any atom is 0.251 e. The highest BCUT2D eigenvalue weighted by molar-refractivity contribution is 7.80. The van der Waals surface area contributed by atoms with Gasteiger partial charge in [0.2, 0.25) is 5.91 Å². The molecular weight excluding hydrogens is 310 g/mol. The molecule has 0 saturated heterocycles. The second-order valence-corrected chi connectivity index (χ2v) is 5.74. The quantitative estimate of drug-likeness (QED) is 0.826. The molecule has 0 spiro atoms. The standard InChI is InChI=1S/C17H19N3O2S/c1-3-14(20-9-8-11(2)10-15(20)21)17(22)19-13-6-4-12(5-7-13)16(18)23/h4-10,14H,3H2,1-2H3,(H2,18,23)(H,19,22). The number of aromatic nitrogens is 1. The van der Waals surface area contributed by atoms with Crippen LogP contribution < -0.4 is 16.6 Å². The van der Waals surface area contributed by atoms with Crippen LogP contribution in [0.2, 0.25) is 0 Å². The number of anilines is 1. The van der Waals surface area contributed by atoms with Gasteiger partial charge >= 0.3 is 0 Å². The minimum absolute atomic E-state index is 0.184. The first-order chi connectivity index (χ1) is 10.9. The molecule has 1 aromatic carbocycles. The number of rotatable bonds is 5. The van der Waals surface area contributed by atoms with Crippen LogP contribution in [-0.2, 0) is 4.79 Å². The van der Waals surface area contributed by atoms with Gasteiger partial charge in [0.25, 0.3) is 5.56 Å². The Morgan fingerprint density at radius 1 is 1.30 bits per heavy atom. The Bertz CT molecular complexity index is 781. The minimum atomic E-state index is -0.557. The summed E-state index contributed by atoms with van der Waals surface area (Å²) in [5.41, 5.74) is 7.60. The number of carbonyl (C=O) groups excluding carboxylic acids is 1. The average molecular weight is 329 g/mol. The largest absolute Gasteiger partial charge is 0.389 e. The molecule has 23 heavy (non-hydrogen) atoms. The molecule has 0 saturated carbocycles. The molecule has 1 atom stereocenters. The Morgan fingerprint density at radius 2 is 1.96 bits per heavy atom. The molecule has 0 fully saturated rings. The molecule has 1 unspecified atom stereocenters. The lowest BCUT2D eigenvalue weighted by Gasteiger charge is -2.18. The molecule has 0 aliphatic carbocycles. The summed E-state index contributed by atoms with van der Waals surface area (Å²) in [5, 5.41) is 2.82. The van der Waals surface area contributed by atoms with Crippen LogP contribution in [0.4, 0.5) is 5.69 Å². The lowest BCUT2D eigenvalue weighted by molar-refractivity contribution is -0.119. The van der Waals surface area contributed by atoms with Gasteiger partial charge in [-0.25, -0.2) is 0 Å². The molecule has 120 valence electrons. The van der Waals surface area contributed by atoms with Crippen molar-refractivity contribution in [3.05, 3.63) is 64.1 Å². The van der Waals surface area contributed by atoms with E-state index >= 15 is 0 Å². The summed E-state index contributed by atoms with van der Waals surface area (Å²) in [6.45, 7) is 3.71. The summed E-state index contributed by atoms with van der Waals surface area (Å²) in [7, 11) is 0. The van der Waals surface area contributed by atoms with Gasteiger partial charge in [-0.1, -0.05) is 19.1 Å². The predicted octanol–water partition coefficient (Wildman–Crippen LogP) is 2.38. The van der Waals surface area contributed by atoms with Gasteiger partial charge in [0.15, 0.2) is 0 Å². The van der Waals surface area contributed by atoms with Crippen molar-refractivity contribution in [2.45, 2.75) is 26.3 Å². The summed E-state index contributed by atoms with van der Waals surface area (Å²) in [6, 6.07) is 9.74. The van der Waals surface area contributed by atoms with E-state index in [-0.39, 0.29) is 11.5 Å². The molecule has 0 bridgehead atoms. The van der Waals surface area contributed by atoms with Gasteiger partial charge < -0.3 is 15.6 Å². The second kappa shape index (κ2) is 7.19. The molecule has 2 aromatic rings. The van der Waals surface area contributed by atoms with Gasteiger partial charge in [-0.3, -0.25) is 9.59 Å². The van der Waals surface area contributed by atoms with E-state index in [1.165, 1.54) is 10.6 Å². The van der Waals surface area contributed by atoms with Crippen LogP contribution in [0.5, 0.6) is 0 Å². The number of aryl methyl sites for hydroxylation is 1.